The van der Waals surface area contributed by atoms with Crippen LogP contribution in [0.25, 0.3) is 0 Å². The molecule has 0 aromatic heterocycles. The lowest BCUT2D eigenvalue weighted by molar-refractivity contribution is -0.145. The SMILES string of the molecule is CCNC(CCN(CC)CC(F)(F)F)c1ccccc1. The summed E-state index contributed by atoms with van der Waals surface area (Å²) in [7, 11) is 0. The van der Waals surface area contributed by atoms with E-state index in [0.29, 0.717) is 19.5 Å². The van der Waals surface area contributed by atoms with E-state index >= 15 is 0 Å². The zero-order chi connectivity index (χ0) is 15.0. The van der Waals surface area contributed by atoms with Crippen molar-refractivity contribution in [3.63, 3.8) is 0 Å². The van der Waals surface area contributed by atoms with Crippen molar-refractivity contribution < 1.29 is 13.2 Å². The summed E-state index contributed by atoms with van der Waals surface area (Å²) in [6, 6.07) is 9.96. The zero-order valence-corrected chi connectivity index (χ0v) is 12.1. The molecular formula is C15H23F3N2. The van der Waals surface area contributed by atoms with E-state index in [2.05, 4.69) is 5.32 Å². The monoisotopic (exact) mass is 288 g/mol. The van der Waals surface area contributed by atoms with Crippen LogP contribution in [-0.4, -0.2) is 37.3 Å². The van der Waals surface area contributed by atoms with Gasteiger partial charge in [0.25, 0.3) is 0 Å². The van der Waals surface area contributed by atoms with E-state index in [-0.39, 0.29) is 6.04 Å². The highest BCUT2D eigenvalue weighted by Crippen LogP contribution is 2.20. The van der Waals surface area contributed by atoms with Crippen molar-refractivity contribution >= 4 is 0 Å². The van der Waals surface area contributed by atoms with Crippen LogP contribution in [0.4, 0.5) is 13.2 Å². The van der Waals surface area contributed by atoms with Crippen molar-refractivity contribution in [2.45, 2.75) is 32.5 Å². The summed E-state index contributed by atoms with van der Waals surface area (Å²) in [6.45, 7) is 4.57. The van der Waals surface area contributed by atoms with Crippen LogP contribution in [0.5, 0.6) is 0 Å². The van der Waals surface area contributed by atoms with Gasteiger partial charge in [0.05, 0.1) is 6.54 Å². The summed E-state index contributed by atoms with van der Waals surface area (Å²) in [6.07, 6.45) is -3.46. The van der Waals surface area contributed by atoms with E-state index in [4.69, 9.17) is 0 Å². The summed E-state index contributed by atoms with van der Waals surface area (Å²) in [5, 5.41) is 3.33. The Morgan fingerprint density at radius 2 is 1.80 bits per heavy atom. The molecule has 0 aliphatic carbocycles. The van der Waals surface area contributed by atoms with E-state index in [1.54, 1.807) is 6.92 Å². The Morgan fingerprint density at radius 3 is 2.30 bits per heavy atom. The minimum atomic E-state index is -4.13. The van der Waals surface area contributed by atoms with Crippen molar-refractivity contribution in [1.29, 1.82) is 0 Å². The Bertz CT molecular complexity index is 365. The van der Waals surface area contributed by atoms with Crippen molar-refractivity contribution in [2.75, 3.05) is 26.2 Å². The summed E-state index contributed by atoms with van der Waals surface area (Å²) in [4.78, 5) is 1.44. The van der Waals surface area contributed by atoms with E-state index in [1.165, 1.54) is 4.90 Å². The van der Waals surface area contributed by atoms with Gasteiger partial charge in [0.15, 0.2) is 0 Å². The number of nitrogens with one attached hydrogen (secondary N) is 1. The number of nitrogens with zero attached hydrogens (tertiary/aromatic N) is 1. The number of alkyl halides is 3. The molecule has 0 saturated carbocycles. The standard InChI is InChI=1S/C15H23F3N2/c1-3-19-14(13-8-6-5-7-9-13)10-11-20(4-2)12-15(16,17)18/h5-9,14,19H,3-4,10-12H2,1-2H3. The molecular weight excluding hydrogens is 265 g/mol. The summed E-state index contributed by atoms with van der Waals surface area (Å²) in [5.74, 6) is 0. The number of hydrogen-bond acceptors (Lipinski definition) is 2. The van der Waals surface area contributed by atoms with Crippen LogP contribution in [0, 0.1) is 0 Å². The van der Waals surface area contributed by atoms with Gasteiger partial charge in [0, 0.05) is 12.6 Å². The van der Waals surface area contributed by atoms with Crippen LogP contribution < -0.4 is 5.32 Å². The van der Waals surface area contributed by atoms with Crippen LogP contribution >= 0.6 is 0 Å². The molecule has 0 radical (unpaired) electrons. The fourth-order valence-corrected chi connectivity index (χ4v) is 2.23. The van der Waals surface area contributed by atoms with Crippen LogP contribution in [0.3, 0.4) is 0 Å². The Kier molecular flexibility index (Phi) is 7.02. The topological polar surface area (TPSA) is 15.3 Å². The lowest BCUT2D eigenvalue weighted by Crippen LogP contribution is -2.36. The first-order valence-corrected chi connectivity index (χ1v) is 7.03. The van der Waals surface area contributed by atoms with Crippen molar-refractivity contribution in [3.05, 3.63) is 35.9 Å². The molecule has 2 nitrogen and oxygen atoms in total. The van der Waals surface area contributed by atoms with E-state index < -0.39 is 12.7 Å². The molecule has 1 aromatic rings. The van der Waals surface area contributed by atoms with E-state index in [1.807, 2.05) is 37.3 Å². The average molecular weight is 288 g/mol. The second-order valence-electron chi connectivity index (χ2n) is 4.79. The molecule has 0 heterocycles. The third kappa shape index (κ3) is 6.39. The van der Waals surface area contributed by atoms with Gasteiger partial charge in [-0.1, -0.05) is 44.2 Å². The third-order valence-electron chi connectivity index (χ3n) is 3.24. The predicted molar refractivity (Wildman–Crippen MR) is 75.6 cm³/mol. The van der Waals surface area contributed by atoms with Crippen LogP contribution in [-0.2, 0) is 0 Å². The number of benzene rings is 1. The molecule has 20 heavy (non-hydrogen) atoms. The highest BCUT2D eigenvalue weighted by Gasteiger charge is 2.30. The highest BCUT2D eigenvalue weighted by atomic mass is 19.4. The van der Waals surface area contributed by atoms with E-state index in [9.17, 15) is 13.2 Å². The predicted octanol–water partition coefficient (Wildman–Crippen LogP) is 3.61. The Morgan fingerprint density at radius 1 is 1.15 bits per heavy atom. The Balaban J connectivity index is 2.58. The quantitative estimate of drug-likeness (QED) is 0.786. The fraction of sp³-hybridized carbons (Fsp3) is 0.600. The molecule has 114 valence electrons. The van der Waals surface area contributed by atoms with Gasteiger partial charge in [0.1, 0.15) is 0 Å². The molecule has 0 saturated heterocycles. The van der Waals surface area contributed by atoms with Crippen molar-refractivity contribution in [1.82, 2.24) is 10.2 Å². The second kappa shape index (κ2) is 8.27. The lowest BCUT2D eigenvalue weighted by Gasteiger charge is -2.25. The maximum atomic E-state index is 12.4. The maximum Gasteiger partial charge on any atom is 0.401 e. The lowest BCUT2D eigenvalue weighted by atomic mass is 10.0. The van der Waals surface area contributed by atoms with Gasteiger partial charge in [-0.3, -0.25) is 4.90 Å². The maximum absolute atomic E-state index is 12.4. The normalized spacial score (nSPS) is 13.7. The zero-order valence-electron chi connectivity index (χ0n) is 12.1. The first-order chi connectivity index (χ1) is 9.46. The fourth-order valence-electron chi connectivity index (χ4n) is 2.23. The van der Waals surface area contributed by atoms with Gasteiger partial charge >= 0.3 is 6.18 Å². The van der Waals surface area contributed by atoms with Gasteiger partial charge < -0.3 is 5.32 Å². The van der Waals surface area contributed by atoms with Gasteiger partial charge in [-0.25, -0.2) is 0 Å². The molecule has 1 rings (SSSR count). The number of rotatable bonds is 8. The summed E-state index contributed by atoms with van der Waals surface area (Å²) < 4.78 is 37.3. The van der Waals surface area contributed by atoms with Gasteiger partial charge in [-0.15, -0.1) is 0 Å². The first kappa shape index (κ1) is 17.0. The van der Waals surface area contributed by atoms with Gasteiger partial charge in [0.2, 0.25) is 0 Å². The smallest absolute Gasteiger partial charge is 0.310 e. The van der Waals surface area contributed by atoms with Crippen LogP contribution in [0.2, 0.25) is 0 Å². The van der Waals surface area contributed by atoms with Gasteiger partial charge in [-0.05, 0) is 25.1 Å². The Hall–Kier alpha value is -1.07. The molecule has 1 N–H and O–H groups in total. The first-order valence-electron chi connectivity index (χ1n) is 7.03. The second-order valence-corrected chi connectivity index (χ2v) is 4.79. The summed E-state index contributed by atoms with van der Waals surface area (Å²) >= 11 is 0. The van der Waals surface area contributed by atoms with E-state index in [0.717, 1.165) is 12.1 Å². The van der Waals surface area contributed by atoms with Crippen LogP contribution in [0.15, 0.2) is 30.3 Å². The third-order valence-corrected chi connectivity index (χ3v) is 3.24. The molecule has 0 amide bonds. The minimum Gasteiger partial charge on any atom is -0.310 e. The highest BCUT2D eigenvalue weighted by molar-refractivity contribution is 5.18. The van der Waals surface area contributed by atoms with Crippen molar-refractivity contribution in [2.24, 2.45) is 0 Å². The van der Waals surface area contributed by atoms with Crippen molar-refractivity contribution in [3.8, 4) is 0 Å². The van der Waals surface area contributed by atoms with Gasteiger partial charge in [-0.2, -0.15) is 13.2 Å². The van der Waals surface area contributed by atoms with Crippen LogP contribution in [0.1, 0.15) is 31.9 Å². The molecule has 0 bridgehead atoms. The number of halogens is 3. The summed E-state index contributed by atoms with van der Waals surface area (Å²) in [5.41, 5.74) is 1.12. The Labute approximate surface area is 119 Å². The molecule has 1 atom stereocenters. The largest absolute Gasteiger partial charge is 0.401 e. The molecule has 1 aromatic carbocycles. The molecule has 5 heteroatoms. The minimum absolute atomic E-state index is 0.100. The number of hydrogen-bond donors (Lipinski definition) is 1. The molecule has 0 fully saturated rings. The molecule has 0 spiro atoms. The molecule has 0 aliphatic heterocycles. The average Bonchev–Trinajstić information content (AvgIpc) is 2.41. The molecule has 1 unspecified atom stereocenters. The molecule has 0 aliphatic rings.